The van der Waals surface area contributed by atoms with Crippen LogP contribution in [-0.2, 0) is 6.54 Å². The lowest BCUT2D eigenvalue weighted by atomic mass is 9.96. The van der Waals surface area contributed by atoms with E-state index in [-0.39, 0.29) is 11.8 Å². The van der Waals surface area contributed by atoms with Gasteiger partial charge in [0.15, 0.2) is 0 Å². The van der Waals surface area contributed by atoms with Gasteiger partial charge in [0.05, 0.1) is 17.5 Å². The van der Waals surface area contributed by atoms with Gasteiger partial charge in [-0.05, 0) is 64.2 Å². The largest absolute Gasteiger partial charge is 0.352 e. The number of likely N-dealkylation sites (tertiary alicyclic amines) is 1. The van der Waals surface area contributed by atoms with Gasteiger partial charge in [-0.15, -0.1) is 0 Å². The van der Waals surface area contributed by atoms with Crippen molar-refractivity contribution in [3.05, 3.63) is 17.5 Å². The number of aromatic nitrogens is 2. The molecule has 0 spiro atoms. The Balaban J connectivity index is 1.85. The van der Waals surface area contributed by atoms with E-state index in [0.717, 1.165) is 56.9 Å². The lowest BCUT2D eigenvalue weighted by Crippen LogP contribution is -2.41. The highest BCUT2D eigenvalue weighted by Crippen LogP contribution is 2.21. The number of likely N-dealkylation sites (N-methyl/N-ethyl adjacent to an activating group) is 1. The molecule has 2 rings (SSSR count). The van der Waals surface area contributed by atoms with Crippen LogP contribution in [0.25, 0.3) is 0 Å². The minimum atomic E-state index is 0.0366. The van der Waals surface area contributed by atoms with Gasteiger partial charge in [-0.25, -0.2) is 0 Å². The second-order valence-corrected chi connectivity index (χ2v) is 9.30. The van der Waals surface area contributed by atoms with Crippen LogP contribution in [0.1, 0.15) is 68.9 Å². The molecular weight excluding hydrogens is 350 g/mol. The highest BCUT2D eigenvalue weighted by molar-refractivity contribution is 5.95. The minimum Gasteiger partial charge on any atom is -0.352 e. The molecule has 2 heterocycles. The van der Waals surface area contributed by atoms with E-state index in [0.29, 0.717) is 11.8 Å². The first kappa shape index (κ1) is 22.9. The van der Waals surface area contributed by atoms with Crippen molar-refractivity contribution < 1.29 is 4.79 Å². The quantitative estimate of drug-likeness (QED) is 0.666. The molecule has 6 nitrogen and oxygen atoms in total. The summed E-state index contributed by atoms with van der Waals surface area (Å²) < 4.78 is 2.03. The lowest BCUT2D eigenvalue weighted by Gasteiger charge is -2.32. The first-order valence-corrected chi connectivity index (χ1v) is 11.0. The summed E-state index contributed by atoms with van der Waals surface area (Å²) in [5.74, 6) is 1.54. The first-order valence-electron chi connectivity index (χ1n) is 11.0. The van der Waals surface area contributed by atoms with Crippen molar-refractivity contribution in [1.82, 2.24) is 24.9 Å². The normalized spacial score (nSPS) is 16.5. The van der Waals surface area contributed by atoms with E-state index >= 15 is 0 Å². The predicted molar refractivity (Wildman–Crippen MR) is 116 cm³/mol. The number of aryl methyl sites for hydroxylation is 1. The third kappa shape index (κ3) is 6.89. The van der Waals surface area contributed by atoms with Crippen molar-refractivity contribution in [3.8, 4) is 0 Å². The maximum atomic E-state index is 12.8. The van der Waals surface area contributed by atoms with Crippen LogP contribution >= 0.6 is 0 Å². The summed E-state index contributed by atoms with van der Waals surface area (Å²) in [6.07, 6.45) is 5.17. The molecule has 28 heavy (non-hydrogen) atoms. The molecule has 6 heteroatoms. The summed E-state index contributed by atoms with van der Waals surface area (Å²) >= 11 is 0. The molecule has 0 aliphatic carbocycles. The van der Waals surface area contributed by atoms with Crippen molar-refractivity contribution in [2.24, 2.45) is 11.8 Å². The molecule has 1 aromatic heterocycles. The van der Waals surface area contributed by atoms with Crippen LogP contribution in [0, 0.1) is 11.8 Å². The van der Waals surface area contributed by atoms with Gasteiger partial charge < -0.3 is 15.1 Å². The van der Waals surface area contributed by atoms with Gasteiger partial charge in [0.2, 0.25) is 0 Å². The van der Waals surface area contributed by atoms with E-state index in [1.807, 2.05) is 4.68 Å². The molecule has 1 amide bonds. The smallest absolute Gasteiger partial charge is 0.254 e. The monoisotopic (exact) mass is 391 g/mol. The Morgan fingerprint density at radius 2 is 1.89 bits per heavy atom. The summed E-state index contributed by atoms with van der Waals surface area (Å²) in [4.78, 5) is 17.6. The molecular formula is C22H41N5O. The molecule has 1 aliphatic rings. The number of piperidine rings is 1. The van der Waals surface area contributed by atoms with Gasteiger partial charge in [-0.2, -0.15) is 5.10 Å². The van der Waals surface area contributed by atoms with Crippen LogP contribution in [0.15, 0.2) is 6.20 Å². The van der Waals surface area contributed by atoms with E-state index in [1.165, 1.54) is 12.8 Å². The Morgan fingerprint density at radius 1 is 1.21 bits per heavy atom. The topological polar surface area (TPSA) is 53.4 Å². The molecule has 1 saturated heterocycles. The van der Waals surface area contributed by atoms with Crippen LogP contribution in [0.4, 0.5) is 0 Å². The van der Waals surface area contributed by atoms with Gasteiger partial charge in [0.1, 0.15) is 0 Å². The van der Waals surface area contributed by atoms with Gasteiger partial charge in [0.25, 0.3) is 5.91 Å². The summed E-state index contributed by atoms with van der Waals surface area (Å²) in [5.41, 5.74) is 1.82. The standard InChI is InChI=1S/C22H41N5O/c1-17(2)7-12-27-21(18(3)4)20(16-24-27)22(28)23-15-19-8-10-26(11-9-19)14-13-25(5)6/h16-19H,7-15H2,1-6H3,(H,23,28). The van der Waals surface area contributed by atoms with Crippen molar-refractivity contribution in [3.63, 3.8) is 0 Å². The number of carbonyl (C=O) groups is 1. The number of hydrogen-bond acceptors (Lipinski definition) is 4. The van der Waals surface area contributed by atoms with Crippen molar-refractivity contribution >= 4 is 5.91 Å². The molecule has 0 aromatic carbocycles. The summed E-state index contributed by atoms with van der Waals surface area (Å²) in [5, 5.41) is 7.70. The molecule has 0 saturated carbocycles. The van der Waals surface area contributed by atoms with E-state index in [2.05, 4.69) is 62.0 Å². The SMILES string of the molecule is CC(C)CCn1ncc(C(=O)NCC2CCN(CCN(C)C)CC2)c1C(C)C. The zero-order valence-corrected chi connectivity index (χ0v) is 18.9. The number of hydrogen-bond donors (Lipinski definition) is 1. The number of amides is 1. The Morgan fingerprint density at radius 3 is 2.46 bits per heavy atom. The molecule has 0 unspecified atom stereocenters. The van der Waals surface area contributed by atoms with E-state index in [9.17, 15) is 4.79 Å². The maximum absolute atomic E-state index is 12.8. The Labute approximate surface area is 171 Å². The van der Waals surface area contributed by atoms with Gasteiger partial charge >= 0.3 is 0 Å². The molecule has 0 radical (unpaired) electrons. The van der Waals surface area contributed by atoms with Crippen LogP contribution in [0.2, 0.25) is 0 Å². The Bertz CT molecular complexity index is 600. The predicted octanol–water partition coefficient (Wildman–Crippen LogP) is 3.06. The summed E-state index contributed by atoms with van der Waals surface area (Å²) in [6.45, 7) is 14.9. The van der Waals surface area contributed by atoms with Crippen LogP contribution < -0.4 is 5.32 Å². The van der Waals surface area contributed by atoms with Crippen molar-refractivity contribution in [1.29, 1.82) is 0 Å². The second kappa shape index (κ2) is 11.0. The van der Waals surface area contributed by atoms with Crippen LogP contribution in [0.5, 0.6) is 0 Å². The summed E-state index contributed by atoms with van der Waals surface area (Å²) in [6, 6.07) is 0. The number of rotatable bonds is 10. The van der Waals surface area contributed by atoms with Crippen LogP contribution in [0.3, 0.4) is 0 Å². The number of nitrogens with one attached hydrogen (secondary N) is 1. The highest BCUT2D eigenvalue weighted by Gasteiger charge is 2.23. The fourth-order valence-electron chi connectivity index (χ4n) is 3.83. The number of carbonyl (C=O) groups excluding carboxylic acids is 1. The van der Waals surface area contributed by atoms with E-state index < -0.39 is 0 Å². The van der Waals surface area contributed by atoms with Crippen LogP contribution in [-0.4, -0.2) is 72.3 Å². The van der Waals surface area contributed by atoms with Crippen molar-refractivity contribution in [2.45, 2.75) is 59.4 Å². The fraction of sp³-hybridized carbons (Fsp3) is 0.818. The molecule has 1 N–H and O–H groups in total. The Hall–Kier alpha value is -1.40. The van der Waals surface area contributed by atoms with Gasteiger partial charge in [-0.1, -0.05) is 27.7 Å². The lowest BCUT2D eigenvalue weighted by molar-refractivity contribution is 0.0933. The highest BCUT2D eigenvalue weighted by atomic mass is 16.1. The molecule has 0 atom stereocenters. The third-order valence-corrected chi connectivity index (χ3v) is 5.71. The minimum absolute atomic E-state index is 0.0366. The van der Waals surface area contributed by atoms with Crippen molar-refractivity contribution in [2.75, 3.05) is 46.8 Å². The average molecular weight is 392 g/mol. The first-order chi connectivity index (χ1) is 13.3. The average Bonchev–Trinajstić information content (AvgIpc) is 3.08. The Kier molecular flexibility index (Phi) is 8.96. The molecule has 0 bridgehead atoms. The zero-order valence-electron chi connectivity index (χ0n) is 18.9. The second-order valence-electron chi connectivity index (χ2n) is 9.30. The van der Waals surface area contributed by atoms with E-state index in [4.69, 9.17) is 0 Å². The summed E-state index contributed by atoms with van der Waals surface area (Å²) in [7, 11) is 4.25. The third-order valence-electron chi connectivity index (χ3n) is 5.71. The van der Waals surface area contributed by atoms with Gasteiger partial charge in [-0.3, -0.25) is 9.48 Å². The molecule has 160 valence electrons. The van der Waals surface area contributed by atoms with E-state index in [1.54, 1.807) is 6.20 Å². The number of nitrogens with zero attached hydrogens (tertiary/aromatic N) is 4. The molecule has 1 aliphatic heterocycles. The maximum Gasteiger partial charge on any atom is 0.254 e. The fourth-order valence-corrected chi connectivity index (χ4v) is 3.83. The van der Waals surface area contributed by atoms with Gasteiger partial charge in [0, 0.05) is 26.2 Å². The zero-order chi connectivity index (χ0) is 20.7. The molecule has 1 aromatic rings. The molecule has 1 fully saturated rings.